The van der Waals surface area contributed by atoms with Crippen LogP contribution in [-0.4, -0.2) is 14.9 Å². The molecule has 9 heteroatoms. The van der Waals surface area contributed by atoms with E-state index in [9.17, 15) is 10.1 Å². The van der Waals surface area contributed by atoms with E-state index in [2.05, 4.69) is 9.97 Å². The van der Waals surface area contributed by atoms with Crippen molar-refractivity contribution < 1.29 is 9.66 Å². The fourth-order valence-electron chi connectivity index (χ4n) is 1.54. The molecule has 7 nitrogen and oxygen atoms in total. The molecule has 0 unspecified atom stereocenters. The number of nitro groups is 1. The maximum absolute atomic E-state index is 11.1. The average molecular weight is 417 g/mol. The van der Waals surface area contributed by atoms with Crippen LogP contribution in [0.15, 0.2) is 18.2 Å². The zero-order valence-corrected chi connectivity index (χ0v) is 13.4. The van der Waals surface area contributed by atoms with Crippen LogP contribution in [0.25, 0.3) is 0 Å². The Hall–Kier alpha value is -1.99. The van der Waals surface area contributed by atoms with Crippen LogP contribution in [0.2, 0.25) is 5.28 Å². The molecule has 2 rings (SSSR count). The van der Waals surface area contributed by atoms with Crippen molar-refractivity contribution >= 4 is 39.9 Å². The Balaban J connectivity index is 2.53. The standard InChI is InChI=1S/C12H6ClIN4O3/c1-6-2-10(17-12(13)16-6)21-11-8(14)3-7(5-15)4-9(11)18(19)20/h2-4H,1H3. The van der Waals surface area contributed by atoms with Crippen LogP contribution in [0, 0.1) is 31.9 Å². The van der Waals surface area contributed by atoms with Crippen molar-refractivity contribution in [2.45, 2.75) is 6.92 Å². The van der Waals surface area contributed by atoms with Crippen molar-refractivity contribution in [3.05, 3.63) is 48.4 Å². The molecule has 0 radical (unpaired) electrons. The third-order valence-corrected chi connectivity index (χ3v) is 3.33. The monoisotopic (exact) mass is 416 g/mol. The first-order valence-electron chi connectivity index (χ1n) is 5.48. The van der Waals surface area contributed by atoms with Crippen molar-refractivity contribution in [1.29, 1.82) is 5.26 Å². The molecule has 0 aliphatic carbocycles. The van der Waals surface area contributed by atoms with E-state index in [1.54, 1.807) is 6.92 Å². The van der Waals surface area contributed by atoms with E-state index in [0.29, 0.717) is 9.26 Å². The highest BCUT2D eigenvalue weighted by Crippen LogP contribution is 2.36. The molecule has 0 saturated carbocycles. The van der Waals surface area contributed by atoms with Gasteiger partial charge in [0, 0.05) is 17.8 Å². The Morgan fingerprint density at radius 2 is 2.14 bits per heavy atom. The Labute approximate surface area is 137 Å². The fourth-order valence-corrected chi connectivity index (χ4v) is 2.48. The van der Waals surface area contributed by atoms with Gasteiger partial charge >= 0.3 is 5.69 Å². The Bertz CT molecular complexity index is 756. The van der Waals surface area contributed by atoms with Gasteiger partial charge in [0.05, 0.1) is 20.1 Å². The number of rotatable bonds is 3. The number of hydrogen-bond donors (Lipinski definition) is 0. The van der Waals surface area contributed by atoms with Crippen molar-refractivity contribution in [3.8, 4) is 17.7 Å². The van der Waals surface area contributed by atoms with Gasteiger partial charge in [-0.05, 0) is 47.2 Å². The van der Waals surface area contributed by atoms with Crippen LogP contribution in [0.5, 0.6) is 11.6 Å². The second-order valence-electron chi connectivity index (χ2n) is 3.89. The molecule has 0 amide bonds. The molecule has 2 aromatic rings. The topological polar surface area (TPSA) is 102 Å². The highest BCUT2D eigenvalue weighted by atomic mass is 127. The number of nitriles is 1. The lowest BCUT2D eigenvalue weighted by atomic mass is 10.2. The van der Waals surface area contributed by atoms with Crippen LogP contribution in [0.4, 0.5) is 5.69 Å². The van der Waals surface area contributed by atoms with Crippen molar-refractivity contribution in [2.24, 2.45) is 0 Å². The lowest BCUT2D eigenvalue weighted by Crippen LogP contribution is -1.99. The van der Waals surface area contributed by atoms with Crippen molar-refractivity contribution in [3.63, 3.8) is 0 Å². The van der Waals surface area contributed by atoms with Gasteiger partial charge in [-0.3, -0.25) is 10.1 Å². The molecule has 1 heterocycles. The van der Waals surface area contributed by atoms with Crippen LogP contribution < -0.4 is 4.74 Å². The zero-order valence-electron chi connectivity index (χ0n) is 10.5. The SMILES string of the molecule is Cc1cc(Oc2c(I)cc(C#N)cc2[N+](=O)[O-])nc(Cl)n1. The summed E-state index contributed by atoms with van der Waals surface area (Å²) in [7, 11) is 0. The fraction of sp³-hybridized carbons (Fsp3) is 0.0833. The van der Waals surface area contributed by atoms with Gasteiger partial charge < -0.3 is 4.74 Å². The van der Waals surface area contributed by atoms with Gasteiger partial charge in [-0.1, -0.05) is 0 Å². The van der Waals surface area contributed by atoms with Gasteiger partial charge in [0.2, 0.25) is 16.9 Å². The summed E-state index contributed by atoms with van der Waals surface area (Å²) in [5.74, 6) is 0.104. The van der Waals surface area contributed by atoms with Crippen molar-refractivity contribution in [2.75, 3.05) is 0 Å². The Kier molecular flexibility index (Phi) is 4.54. The summed E-state index contributed by atoms with van der Waals surface area (Å²) in [6, 6.07) is 6.00. The first kappa shape index (κ1) is 15.4. The van der Waals surface area contributed by atoms with Crippen LogP contribution in [-0.2, 0) is 0 Å². The number of aryl methyl sites for hydroxylation is 1. The van der Waals surface area contributed by atoms with E-state index >= 15 is 0 Å². The van der Waals surface area contributed by atoms with E-state index in [4.69, 9.17) is 21.6 Å². The van der Waals surface area contributed by atoms with Crippen LogP contribution >= 0.6 is 34.2 Å². The van der Waals surface area contributed by atoms with Gasteiger partial charge in [0.1, 0.15) is 0 Å². The number of nitro benzene ring substituents is 1. The number of nitrogens with zero attached hydrogens (tertiary/aromatic N) is 4. The first-order chi connectivity index (χ1) is 9.90. The summed E-state index contributed by atoms with van der Waals surface area (Å²) in [6.07, 6.45) is 0. The van der Waals surface area contributed by atoms with Crippen LogP contribution in [0.3, 0.4) is 0 Å². The predicted molar refractivity (Wildman–Crippen MR) is 82.4 cm³/mol. The Morgan fingerprint density at radius 3 is 2.71 bits per heavy atom. The molecule has 0 bridgehead atoms. The quantitative estimate of drug-likeness (QED) is 0.328. The highest BCUT2D eigenvalue weighted by Gasteiger charge is 2.22. The summed E-state index contributed by atoms with van der Waals surface area (Å²) >= 11 is 7.58. The number of halogens is 2. The molecule has 106 valence electrons. The maximum atomic E-state index is 11.1. The normalized spacial score (nSPS) is 10.0. The second kappa shape index (κ2) is 6.19. The first-order valence-corrected chi connectivity index (χ1v) is 6.93. The number of hydrogen-bond acceptors (Lipinski definition) is 6. The molecule has 1 aromatic heterocycles. The summed E-state index contributed by atoms with van der Waals surface area (Å²) in [6.45, 7) is 1.69. The molecular formula is C12H6ClIN4O3. The van der Waals surface area contributed by atoms with E-state index in [1.165, 1.54) is 12.1 Å². The minimum absolute atomic E-state index is 0.00812. The molecule has 0 fully saturated rings. The highest BCUT2D eigenvalue weighted by molar-refractivity contribution is 14.1. The smallest absolute Gasteiger partial charge is 0.314 e. The molecule has 0 aliphatic heterocycles. The van der Waals surface area contributed by atoms with Gasteiger partial charge in [-0.15, -0.1) is 0 Å². The van der Waals surface area contributed by atoms with E-state index in [0.717, 1.165) is 6.07 Å². The largest absolute Gasteiger partial charge is 0.430 e. The molecule has 0 N–H and O–H groups in total. The maximum Gasteiger partial charge on any atom is 0.314 e. The third-order valence-electron chi connectivity index (χ3n) is 2.36. The number of aromatic nitrogens is 2. The lowest BCUT2D eigenvalue weighted by Gasteiger charge is -2.08. The molecule has 0 saturated heterocycles. The summed E-state index contributed by atoms with van der Waals surface area (Å²) in [5, 5.41) is 20.0. The van der Waals surface area contributed by atoms with Gasteiger partial charge in [0.15, 0.2) is 0 Å². The molecular weight excluding hydrogens is 411 g/mol. The summed E-state index contributed by atoms with van der Waals surface area (Å²) in [4.78, 5) is 18.2. The third kappa shape index (κ3) is 3.56. The van der Waals surface area contributed by atoms with Gasteiger partial charge in [0.25, 0.3) is 0 Å². The molecule has 1 aromatic carbocycles. The predicted octanol–water partition coefficient (Wildman–Crippen LogP) is 3.62. The second-order valence-corrected chi connectivity index (χ2v) is 5.39. The van der Waals surface area contributed by atoms with Gasteiger partial charge in [-0.25, -0.2) is 4.98 Å². The van der Waals surface area contributed by atoms with Crippen LogP contribution in [0.1, 0.15) is 11.3 Å². The van der Waals surface area contributed by atoms with E-state index in [1.807, 2.05) is 28.7 Å². The van der Waals surface area contributed by atoms with E-state index in [-0.39, 0.29) is 28.2 Å². The summed E-state index contributed by atoms with van der Waals surface area (Å²) in [5.41, 5.74) is 0.428. The molecule has 0 spiro atoms. The molecule has 21 heavy (non-hydrogen) atoms. The van der Waals surface area contributed by atoms with Gasteiger partial charge in [-0.2, -0.15) is 10.2 Å². The molecule has 0 atom stereocenters. The van der Waals surface area contributed by atoms with Crippen molar-refractivity contribution in [1.82, 2.24) is 9.97 Å². The average Bonchev–Trinajstić information content (AvgIpc) is 2.39. The number of benzene rings is 1. The number of ether oxygens (including phenoxy) is 1. The minimum Gasteiger partial charge on any atom is -0.430 e. The minimum atomic E-state index is -0.617. The lowest BCUT2D eigenvalue weighted by molar-refractivity contribution is -0.385. The zero-order chi connectivity index (χ0) is 15.6. The summed E-state index contributed by atoms with van der Waals surface area (Å²) < 4.78 is 5.89. The van der Waals surface area contributed by atoms with E-state index < -0.39 is 4.92 Å². The molecule has 0 aliphatic rings. The Morgan fingerprint density at radius 1 is 1.43 bits per heavy atom.